The molecular weight excluding hydrogens is 332 g/mol. The highest BCUT2D eigenvalue weighted by molar-refractivity contribution is 5.92. The van der Waals surface area contributed by atoms with Gasteiger partial charge >= 0.3 is 6.03 Å². The summed E-state index contributed by atoms with van der Waals surface area (Å²) in [4.78, 5) is 38.2. The van der Waals surface area contributed by atoms with Gasteiger partial charge < -0.3 is 20.9 Å². The average Bonchev–Trinajstić information content (AvgIpc) is 3.37. The number of carbonyl (C=O) groups excluding carboxylic acids is 3. The summed E-state index contributed by atoms with van der Waals surface area (Å²) in [6, 6.07) is 7.29. The molecule has 0 radical (unpaired) electrons. The number of benzene rings is 1. The first-order chi connectivity index (χ1) is 12.4. The normalized spacial score (nSPS) is 20.9. The van der Waals surface area contributed by atoms with Crippen molar-refractivity contribution >= 4 is 17.8 Å². The number of aryl methyl sites for hydroxylation is 1. The second kappa shape index (κ2) is 7.35. The van der Waals surface area contributed by atoms with Crippen molar-refractivity contribution in [3.63, 3.8) is 0 Å². The average molecular weight is 358 g/mol. The molecule has 2 aliphatic rings. The third kappa shape index (κ3) is 4.15. The fourth-order valence-corrected chi connectivity index (χ4v) is 3.33. The monoisotopic (exact) mass is 358 g/mol. The van der Waals surface area contributed by atoms with Crippen molar-refractivity contribution in [2.24, 2.45) is 0 Å². The number of amides is 4. The predicted octanol–water partition coefficient (Wildman–Crippen LogP) is 0.716. The van der Waals surface area contributed by atoms with Crippen LogP contribution in [0.15, 0.2) is 24.3 Å². The van der Waals surface area contributed by atoms with Crippen LogP contribution >= 0.6 is 0 Å². The Morgan fingerprint density at radius 2 is 1.96 bits per heavy atom. The zero-order valence-electron chi connectivity index (χ0n) is 15.3. The number of nitrogens with one attached hydrogen (secondary N) is 3. The van der Waals surface area contributed by atoms with Crippen LogP contribution in [0.25, 0.3) is 0 Å². The highest BCUT2D eigenvalue weighted by Gasteiger charge is 2.46. The standard InChI is InChI=1S/C19H26N4O3/c1-13-3-5-14(6-4-13)12-19(7-8-19)22-18(26)23-10-9-21-17(25)15(23)11-16(24)20-2/h3-6,15H,7-12H2,1-2H3,(H,20,24)(H,21,25)(H,22,26)/t15-/m1/s1. The van der Waals surface area contributed by atoms with Crippen LogP contribution in [0.1, 0.15) is 30.4 Å². The van der Waals surface area contributed by atoms with Crippen molar-refractivity contribution in [2.75, 3.05) is 20.1 Å². The van der Waals surface area contributed by atoms with Gasteiger partial charge in [0.05, 0.1) is 6.42 Å². The second-order valence-corrected chi connectivity index (χ2v) is 7.25. The Balaban J connectivity index is 1.66. The van der Waals surface area contributed by atoms with Gasteiger partial charge in [-0.05, 0) is 31.7 Å². The smallest absolute Gasteiger partial charge is 0.318 e. The maximum absolute atomic E-state index is 12.8. The number of hydrogen-bond acceptors (Lipinski definition) is 3. The number of urea groups is 1. The van der Waals surface area contributed by atoms with Crippen molar-refractivity contribution in [1.82, 2.24) is 20.9 Å². The van der Waals surface area contributed by atoms with Crippen LogP contribution in [-0.4, -0.2) is 54.5 Å². The van der Waals surface area contributed by atoms with Crippen LogP contribution in [0, 0.1) is 6.92 Å². The van der Waals surface area contributed by atoms with Crippen molar-refractivity contribution in [2.45, 2.75) is 44.2 Å². The van der Waals surface area contributed by atoms with E-state index in [4.69, 9.17) is 0 Å². The first kappa shape index (κ1) is 18.2. The molecule has 3 rings (SSSR count). The zero-order valence-corrected chi connectivity index (χ0v) is 15.3. The lowest BCUT2D eigenvalue weighted by atomic mass is 10.0. The van der Waals surface area contributed by atoms with E-state index in [-0.39, 0.29) is 29.8 Å². The molecule has 26 heavy (non-hydrogen) atoms. The Kier molecular flexibility index (Phi) is 5.15. The van der Waals surface area contributed by atoms with E-state index in [1.807, 2.05) is 6.92 Å². The quantitative estimate of drug-likeness (QED) is 0.724. The molecule has 0 bridgehead atoms. The Morgan fingerprint density at radius 1 is 1.27 bits per heavy atom. The van der Waals surface area contributed by atoms with E-state index in [2.05, 4.69) is 40.2 Å². The first-order valence-corrected chi connectivity index (χ1v) is 9.05. The van der Waals surface area contributed by atoms with E-state index in [9.17, 15) is 14.4 Å². The summed E-state index contributed by atoms with van der Waals surface area (Å²) in [7, 11) is 1.52. The van der Waals surface area contributed by atoms with Gasteiger partial charge in [0.25, 0.3) is 0 Å². The van der Waals surface area contributed by atoms with E-state index in [1.54, 1.807) is 0 Å². The van der Waals surface area contributed by atoms with E-state index < -0.39 is 6.04 Å². The van der Waals surface area contributed by atoms with Crippen LogP contribution < -0.4 is 16.0 Å². The molecule has 1 aliphatic carbocycles. The lowest BCUT2D eigenvalue weighted by Crippen LogP contribution is -2.61. The van der Waals surface area contributed by atoms with Gasteiger partial charge in [-0.15, -0.1) is 0 Å². The maximum atomic E-state index is 12.8. The number of carbonyl (C=O) groups is 3. The Labute approximate surface area is 153 Å². The largest absolute Gasteiger partial charge is 0.359 e. The molecule has 1 saturated carbocycles. The second-order valence-electron chi connectivity index (χ2n) is 7.25. The van der Waals surface area contributed by atoms with Gasteiger partial charge in [0.15, 0.2) is 0 Å². The van der Waals surface area contributed by atoms with Crippen LogP contribution in [-0.2, 0) is 16.0 Å². The molecule has 0 aromatic heterocycles. The molecular formula is C19H26N4O3. The third-order valence-electron chi connectivity index (χ3n) is 5.14. The number of nitrogens with zero attached hydrogens (tertiary/aromatic N) is 1. The van der Waals surface area contributed by atoms with Crippen LogP contribution in [0.5, 0.6) is 0 Å². The summed E-state index contributed by atoms with van der Waals surface area (Å²) in [6.45, 7) is 2.85. The molecule has 7 heteroatoms. The highest BCUT2D eigenvalue weighted by atomic mass is 16.2. The minimum atomic E-state index is -0.765. The summed E-state index contributed by atoms with van der Waals surface area (Å²) < 4.78 is 0. The van der Waals surface area contributed by atoms with E-state index in [0.717, 1.165) is 19.3 Å². The molecule has 4 amide bonds. The number of hydrogen-bond donors (Lipinski definition) is 3. The molecule has 1 aromatic rings. The van der Waals surface area contributed by atoms with E-state index >= 15 is 0 Å². The molecule has 1 aromatic carbocycles. The molecule has 1 aliphatic heterocycles. The van der Waals surface area contributed by atoms with Crippen LogP contribution in [0.2, 0.25) is 0 Å². The number of piperazine rings is 1. The Morgan fingerprint density at radius 3 is 2.58 bits per heavy atom. The van der Waals surface area contributed by atoms with Crippen molar-refractivity contribution in [1.29, 1.82) is 0 Å². The van der Waals surface area contributed by atoms with Gasteiger partial charge in [-0.1, -0.05) is 29.8 Å². The van der Waals surface area contributed by atoms with Gasteiger partial charge in [0.1, 0.15) is 6.04 Å². The zero-order chi connectivity index (χ0) is 18.7. The summed E-state index contributed by atoms with van der Waals surface area (Å²) in [6.07, 6.45) is 2.60. The van der Waals surface area contributed by atoms with Gasteiger partial charge in [-0.2, -0.15) is 0 Å². The van der Waals surface area contributed by atoms with Gasteiger partial charge in [-0.25, -0.2) is 4.79 Å². The lowest BCUT2D eigenvalue weighted by molar-refractivity contribution is -0.132. The fraction of sp³-hybridized carbons (Fsp3) is 0.526. The molecule has 0 spiro atoms. The highest BCUT2D eigenvalue weighted by Crippen LogP contribution is 2.39. The summed E-state index contributed by atoms with van der Waals surface area (Å²) in [5.74, 6) is -0.538. The van der Waals surface area contributed by atoms with Crippen molar-refractivity contribution < 1.29 is 14.4 Å². The van der Waals surface area contributed by atoms with E-state index in [0.29, 0.717) is 13.1 Å². The molecule has 3 N–H and O–H groups in total. The van der Waals surface area contributed by atoms with Crippen molar-refractivity contribution in [3.8, 4) is 0 Å². The molecule has 140 valence electrons. The maximum Gasteiger partial charge on any atom is 0.318 e. The number of rotatable bonds is 5. The minimum Gasteiger partial charge on any atom is -0.359 e. The van der Waals surface area contributed by atoms with Crippen molar-refractivity contribution in [3.05, 3.63) is 35.4 Å². The lowest BCUT2D eigenvalue weighted by Gasteiger charge is -2.35. The Hall–Kier alpha value is -2.57. The SMILES string of the molecule is CNC(=O)C[C@@H]1C(=O)NCCN1C(=O)NC1(Cc2ccc(C)cc2)CC1. The third-order valence-corrected chi connectivity index (χ3v) is 5.14. The molecule has 7 nitrogen and oxygen atoms in total. The fourth-order valence-electron chi connectivity index (χ4n) is 3.33. The first-order valence-electron chi connectivity index (χ1n) is 9.05. The van der Waals surface area contributed by atoms with Gasteiger partial charge in [-0.3, -0.25) is 9.59 Å². The molecule has 1 heterocycles. The molecule has 1 saturated heterocycles. The minimum absolute atomic E-state index is 0.0271. The molecule has 2 fully saturated rings. The van der Waals surface area contributed by atoms with Gasteiger partial charge in [0.2, 0.25) is 11.8 Å². The van der Waals surface area contributed by atoms with Gasteiger partial charge in [0, 0.05) is 25.7 Å². The van der Waals surface area contributed by atoms with Crippen LogP contribution in [0.4, 0.5) is 4.79 Å². The predicted molar refractivity (Wildman–Crippen MR) is 97.6 cm³/mol. The Bertz CT molecular complexity index is 697. The molecule has 0 unspecified atom stereocenters. The molecule has 1 atom stereocenters. The summed E-state index contributed by atoms with van der Waals surface area (Å²) in [5.41, 5.74) is 2.16. The van der Waals surface area contributed by atoms with Crippen LogP contribution in [0.3, 0.4) is 0 Å². The summed E-state index contributed by atoms with van der Waals surface area (Å²) in [5, 5.41) is 8.36. The topological polar surface area (TPSA) is 90.5 Å². The summed E-state index contributed by atoms with van der Waals surface area (Å²) >= 11 is 0. The van der Waals surface area contributed by atoms with E-state index in [1.165, 1.54) is 23.1 Å².